The van der Waals surface area contributed by atoms with E-state index in [1.807, 2.05) is 31.2 Å². The van der Waals surface area contributed by atoms with E-state index in [2.05, 4.69) is 15.5 Å². The molecule has 2 aromatic rings. The first-order valence-electron chi connectivity index (χ1n) is 5.33. The van der Waals surface area contributed by atoms with Crippen LogP contribution in [0.25, 0.3) is 0 Å². The average molecular weight is 280 g/mol. The highest BCUT2D eigenvalue weighted by Gasteiger charge is 2.03. The van der Waals surface area contributed by atoms with E-state index in [1.165, 1.54) is 0 Å². The summed E-state index contributed by atoms with van der Waals surface area (Å²) in [6.45, 7) is 1.89. The van der Waals surface area contributed by atoms with Crippen molar-refractivity contribution in [3.05, 3.63) is 58.3 Å². The number of anilines is 1. The summed E-state index contributed by atoms with van der Waals surface area (Å²) in [6.07, 6.45) is 3.47. The third-order valence-corrected chi connectivity index (χ3v) is 3.19. The molecule has 0 aliphatic rings. The van der Waals surface area contributed by atoms with Gasteiger partial charge in [-0.1, -0.05) is 35.3 Å². The molecule has 0 unspecified atom stereocenters. The summed E-state index contributed by atoms with van der Waals surface area (Å²) < 4.78 is 0. The highest BCUT2D eigenvalue weighted by Crippen LogP contribution is 2.29. The Labute approximate surface area is 115 Å². The number of nitrogens with one attached hydrogen (secondary N) is 1. The van der Waals surface area contributed by atoms with Gasteiger partial charge in [0.05, 0.1) is 21.4 Å². The molecule has 1 heterocycles. The van der Waals surface area contributed by atoms with Crippen LogP contribution in [-0.4, -0.2) is 10.7 Å². The van der Waals surface area contributed by atoms with Crippen molar-refractivity contribution in [2.24, 2.45) is 5.10 Å². The van der Waals surface area contributed by atoms with E-state index in [4.69, 9.17) is 23.2 Å². The number of hydrogen-bond donors (Lipinski definition) is 1. The molecule has 0 bridgehead atoms. The Morgan fingerprint density at radius 2 is 2.06 bits per heavy atom. The molecule has 1 aromatic carbocycles. The van der Waals surface area contributed by atoms with Gasteiger partial charge in [-0.2, -0.15) is 5.10 Å². The number of pyridine rings is 1. The zero-order valence-corrected chi connectivity index (χ0v) is 11.2. The number of hydrogen-bond acceptors (Lipinski definition) is 3. The number of aromatic nitrogens is 1. The van der Waals surface area contributed by atoms with Crippen LogP contribution < -0.4 is 5.43 Å². The van der Waals surface area contributed by atoms with Crippen molar-refractivity contribution < 1.29 is 0 Å². The van der Waals surface area contributed by atoms with Crippen LogP contribution in [0, 0.1) is 0 Å². The molecule has 3 nitrogen and oxygen atoms in total. The Bertz CT molecular complexity index is 568. The Kier molecular flexibility index (Phi) is 4.18. The second kappa shape index (κ2) is 5.85. The van der Waals surface area contributed by atoms with E-state index in [0.29, 0.717) is 15.7 Å². The summed E-state index contributed by atoms with van der Waals surface area (Å²) in [4.78, 5) is 4.04. The van der Waals surface area contributed by atoms with Gasteiger partial charge in [0.2, 0.25) is 0 Å². The summed E-state index contributed by atoms with van der Waals surface area (Å²) in [5, 5.41) is 5.21. The summed E-state index contributed by atoms with van der Waals surface area (Å²) in [7, 11) is 0. The predicted octanol–water partition coefficient (Wildman–Crippen LogP) is 4.22. The van der Waals surface area contributed by atoms with Crippen molar-refractivity contribution >= 4 is 34.6 Å². The Hall–Kier alpha value is -1.58. The average Bonchev–Trinajstić information content (AvgIpc) is 2.41. The minimum absolute atomic E-state index is 0.460. The molecule has 0 saturated heterocycles. The zero-order chi connectivity index (χ0) is 13.0. The van der Waals surface area contributed by atoms with Gasteiger partial charge in [-0.15, -0.1) is 0 Å². The number of nitrogens with zero attached hydrogens (tertiary/aromatic N) is 2. The van der Waals surface area contributed by atoms with Gasteiger partial charge >= 0.3 is 0 Å². The Morgan fingerprint density at radius 1 is 1.22 bits per heavy atom. The van der Waals surface area contributed by atoms with Crippen molar-refractivity contribution in [3.63, 3.8) is 0 Å². The molecule has 2 rings (SSSR count). The van der Waals surface area contributed by atoms with Crippen molar-refractivity contribution in [1.82, 2.24) is 4.98 Å². The smallest absolute Gasteiger partial charge is 0.0842 e. The predicted molar refractivity (Wildman–Crippen MR) is 76.5 cm³/mol. The van der Waals surface area contributed by atoms with Crippen LogP contribution in [0.1, 0.15) is 12.5 Å². The molecule has 18 heavy (non-hydrogen) atoms. The Balaban J connectivity index is 2.18. The quantitative estimate of drug-likeness (QED) is 0.675. The van der Waals surface area contributed by atoms with Crippen molar-refractivity contribution in [2.75, 3.05) is 5.43 Å². The van der Waals surface area contributed by atoms with Crippen LogP contribution in [0.4, 0.5) is 5.69 Å². The summed E-state index contributed by atoms with van der Waals surface area (Å²) >= 11 is 12.0. The topological polar surface area (TPSA) is 37.3 Å². The SMILES string of the molecule is CC(=NNc1cccc(Cl)c1Cl)c1cccnc1. The van der Waals surface area contributed by atoms with Crippen LogP contribution >= 0.6 is 23.2 Å². The molecule has 0 aliphatic heterocycles. The lowest BCUT2D eigenvalue weighted by atomic mass is 10.2. The highest BCUT2D eigenvalue weighted by molar-refractivity contribution is 6.43. The van der Waals surface area contributed by atoms with Gasteiger partial charge in [0.25, 0.3) is 0 Å². The van der Waals surface area contributed by atoms with E-state index >= 15 is 0 Å². The van der Waals surface area contributed by atoms with E-state index in [0.717, 1.165) is 11.3 Å². The van der Waals surface area contributed by atoms with Crippen LogP contribution in [0.2, 0.25) is 10.0 Å². The maximum Gasteiger partial charge on any atom is 0.0842 e. The van der Waals surface area contributed by atoms with Crippen LogP contribution in [0.15, 0.2) is 47.8 Å². The number of halogens is 2. The molecule has 1 aromatic heterocycles. The third-order valence-electron chi connectivity index (χ3n) is 2.37. The van der Waals surface area contributed by atoms with E-state index < -0.39 is 0 Å². The second-order valence-corrected chi connectivity index (χ2v) is 4.44. The first-order chi connectivity index (χ1) is 8.68. The molecule has 0 saturated carbocycles. The molecule has 0 aliphatic carbocycles. The van der Waals surface area contributed by atoms with Crippen LogP contribution in [-0.2, 0) is 0 Å². The molecule has 0 spiro atoms. The first-order valence-corrected chi connectivity index (χ1v) is 6.09. The number of benzene rings is 1. The van der Waals surface area contributed by atoms with Gasteiger partial charge < -0.3 is 0 Å². The van der Waals surface area contributed by atoms with Crippen molar-refractivity contribution in [2.45, 2.75) is 6.92 Å². The largest absolute Gasteiger partial charge is 0.277 e. The maximum atomic E-state index is 6.05. The summed E-state index contributed by atoms with van der Waals surface area (Å²) in [5.41, 5.74) is 5.34. The fraction of sp³-hybridized carbons (Fsp3) is 0.0769. The lowest BCUT2D eigenvalue weighted by molar-refractivity contribution is 1.28. The molecule has 0 atom stereocenters. The molecule has 0 radical (unpaired) electrons. The fourth-order valence-electron chi connectivity index (χ4n) is 1.38. The molecular formula is C13H11Cl2N3. The highest BCUT2D eigenvalue weighted by atomic mass is 35.5. The monoisotopic (exact) mass is 279 g/mol. The van der Waals surface area contributed by atoms with Crippen LogP contribution in [0.5, 0.6) is 0 Å². The third kappa shape index (κ3) is 3.00. The minimum atomic E-state index is 0.460. The lowest BCUT2D eigenvalue weighted by Crippen LogP contribution is -2.00. The van der Waals surface area contributed by atoms with E-state index in [9.17, 15) is 0 Å². The maximum absolute atomic E-state index is 6.05. The summed E-state index contributed by atoms with van der Waals surface area (Å²) in [6, 6.07) is 9.15. The van der Waals surface area contributed by atoms with Crippen LogP contribution in [0.3, 0.4) is 0 Å². The second-order valence-electron chi connectivity index (χ2n) is 3.65. The van der Waals surface area contributed by atoms with Gasteiger partial charge in [-0.3, -0.25) is 10.4 Å². The fourth-order valence-corrected chi connectivity index (χ4v) is 1.72. The Morgan fingerprint density at radius 3 is 2.78 bits per heavy atom. The number of rotatable bonds is 3. The van der Waals surface area contributed by atoms with Gasteiger partial charge in [0.1, 0.15) is 0 Å². The van der Waals surface area contributed by atoms with Gasteiger partial charge in [-0.25, -0.2) is 0 Å². The molecule has 0 amide bonds. The van der Waals surface area contributed by atoms with Gasteiger partial charge in [-0.05, 0) is 25.1 Å². The van der Waals surface area contributed by atoms with E-state index in [1.54, 1.807) is 18.5 Å². The lowest BCUT2D eigenvalue weighted by Gasteiger charge is -2.06. The standard InChI is InChI=1S/C13H11Cl2N3/c1-9(10-4-3-7-16-8-10)17-18-12-6-2-5-11(14)13(12)15/h2-8,18H,1H3. The number of hydrazone groups is 1. The van der Waals surface area contributed by atoms with Gasteiger partial charge in [0, 0.05) is 18.0 Å². The van der Waals surface area contributed by atoms with Crippen molar-refractivity contribution in [3.8, 4) is 0 Å². The molecule has 5 heteroatoms. The van der Waals surface area contributed by atoms with Gasteiger partial charge in [0.15, 0.2) is 0 Å². The normalized spacial score (nSPS) is 11.4. The zero-order valence-electron chi connectivity index (χ0n) is 9.69. The van der Waals surface area contributed by atoms with Crippen molar-refractivity contribution in [1.29, 1.82) is 0 Å². The van der Waals surface area contributed by atoms with E-state index in [-0.39, 0.29) is 0 Å². The molecule has 0 fully saturated rings. The summed E-state index contributed by atoms with van der Waals surface area (Å²) in [5.74, 6) is 0. The molecule has 92 valence electrons. The molecule has 1 N–H and O–H groups in total. The molecular weight excluding hydrogens is 269 g/mol. The minimum Gasteiger partial charge on any atom is -0.277 e. The first kappa shape index (κ1) is 12.9.